The third kappa shape index (κ3) is 1.10. The first-order chi connectivity index (χ1) is 6.92. The van der Waals surface area contributed by atoms with E-state index in [1.54, 1.807) is 6.33 Å². The molecule has 0 aliphatic heterocycles. The van der Waals surface area contributed by atoms with E-state index in [-0.39, 0.29) is 6.61 Å². The van der Waals surface area contributed by atoms with E-state index in [2.05, 4.69) is 14.8 Å². The van der Waals surface area contributed by atoms with Crippen molar-refractivity contribution < 1.29 is 5.11 Å². The van der Waals surface area contributed by atoms with Gasteiger partial charge in [-0.2, -0.15) is 0 Å². The van der Waals surface area contributed by atoms with E-state index in [9.17, 15) is 0 Å². The SMILES string of the molecule is OCc1nncn1C1C2CCCCC21. The Morgan fingerprint density at radius 2 is 2.07 bits per heavy atom. The van der Waals surface area contributed by atoms with Crippen LogP contribution in [0.15, 0.2) is 6.33 Å². The highest BCUT2D eigenvalue weighted by atomic mass is 16.3. The van der Waals surface area contributed by atoms with Gasteiger partial charge < -0.3 is 9.67 Å². The average Bonchev–Trinajstić information content (AvgIpc) is 2.77. The Morgan fingerprint density at radius 1 is 1.36 bits per heavy atom. The minimum Gasteiger partial charge on any atom is -0.388 e. The Kier molecular flexibility index (Phi) is 1.83. The quantitative estimate of drug-likeness (QED) is 0.766. The molecule has 2 atom stereocenters. The summed E-state index contributed by atoms with van der Waals surface area (Å²) in [6.45, 7) is 0.00986. The monoisotopic (exact) mass is 193 g/mol. The Bertz CT molecular complexity index is 324. The van der Waals surface area contributed by atoms with Crippen LogP contribution in [0.2, 0.25) is 0 Å². The van der Waals surface area contributed by atoms with Crippen LogP contribution < -0.4 is 0 Å². The number of fused-ring (bicyclic) bond motifs is 1. The van der Waals surface area contributed by atoms with Gasteiger partial charge in [0.25, 0.3) is 0 Å². The van der Waals surface area contributed by atoms with Gasteiger partial charge in [-0.15, -0.1) is 10.2 Å². The van der Waals surface area contributed by atoms with Crippen LogP contribution in [0.25, 0.3) is 0 Å². The maximum Gasteiger partial charge on any atom is 0.158 e. The molecule has 1 aromatic heterocycles. The van der Waals surface area contributed by atoms with Crippen molar-refractivity contribution in [3.8, 4) is 0 Å². The highest BCUT2D eigenvalue weighted by Crippen LogP contribution is 2.58. The summed E-state index contributed by atoms with van der Waals surface area (Å²) in [5.74, 6) is 2.40. The van der Waals surface area contributed by atoms with Crippen molar-refractivity contribution in [2.24, 2.45) is 11.8 Å². The van der Waals surface area contributed by atoms with Gasteiger partial charge in [0.1, 0.15) is 12.9 Å². The Labute approximate surface area is 83.0 Å². The molecule has 14 heavy (non-hydrogen) atoms. The van der Waals surface area contributed by atoms with Crippen LogP contribution >= 0.6 is 0 Å². The fraction of sp³-hybridized carbons (Fsp3) is 0.800. The minimum absolute atomic E-state index is 0.00986. The van der Waals surface area contributed by atoms with Crippen molar-refractivity contribution in [3.05, 3.63) is 12.2 Å². The summed E-state index contributed by atoms with van der Waals surface area (Å²) in [6.07, 6.45) is 7.20. The van der Waals surface area contributed by atoms with Gasteiger partial charge in [-0.25, -0.2) is 0 Å². The average molecular weight is 193 g/mol. The summed E-state index contributed by atoms with van der Waals surface area (Å²) in [5.41, 5.74) is 0. The summed E-state index contributed by atoms with van der Waals surface area (Å²) < 4.78 is 2.08. The maximum atomic E-state index is 9.09. The molecule has 0 bridgehead atoms. The van der Waals surface area contributed by atoms with Crippen LogP contribution in [0, 0.1) is 11.8 Å². The Morgan fingerprint density at radius 3 is 2.71 bits per heavy atom. The van der Waals surface area contributed by atoms with E-state index in [1.165, 1.54) is 25.7 Å². The van der Waals surface area contributed by atoms with E-state index in [4.69, 9.17) is 5.11 Å². The molecule has 2 fully saturated rings. The molecule has 4 nitrogen and oxygen atoms in total. The standard InChI is InChI=1S/C10H15N3O/c14-5-9-12-11-6-13(9)10-7-3-1-2-4-8(7)10/h6-8,10,14H,1-5H2. The van der Waals surface area contributed by atoms with E-state index < -0.39 is 0 Å². The zero-order chi connectivity index (χ0) is 9.54. The third-order valence-corrected chi connectivity index (χ3v) is 3.72. The largest absolute Gasteiger partial charge is 0.388 e. The zero-order valence-corrected chi connectivity index (χ0v) is 8.13. The molecule has 2 aliphatic rings. The van der Waals surface area contributed by atoms with Crippen LogP contribution in [0.1, 0.15) is 37.5 Å². The summed E-state index contributed by atoms with van der Waals surface area (Å²) in [5, 5.41) is 16.9. The Balaban J connectivity index is 1.83. The molecule has 2 saturated carbocycles. The van der Waals surface area contributed by atoms with Gasteiger partial charge in [0.05, 0.1) is 0 Å². The molecule has 1 heterocycles. The lowest BCUT2D eigenvalue weighted by Crippen LogP contribution is -2.02. The number of rotatable bonds is 2. The van der Waals surface area contributed by atoms with Gasteiger partial charge >= 0.3 is 0 Å². The third-order valence-electron chi connectivity index (χ3n) is 3.72. The summed E-state index contributed by atoms with van der Waals surface area (Å²) >= 11 is 0. The van der Waals surface area contributed by atoms with Crippen molar-refractivity contribution in [2.75, 3.05) is 0 Å². The van der Waals surface area contributed by atoms with Crippen LogP contribution in [0.4, 0.5) is 0 Å². The van der Waals surface area contributed by atoms with Gasteiger partial charge in [0.15, 0.2) is 5.82 Å². The summed E-state index contributed by atoms with van der Waals surface area (Å²) in [6, 6.07) is 0.592. The molecular formula is C10H15N3O. The van der Waals surface area contributed by atoms with E-state index >= 15 is 0 Å². The van der Waals surface area contributed by atoms with E-state index in [1.807, 2.05) is 0 Å². The fourth-order valence-electron chi connectivity index (χ4n) is 3.00. The molecule has 0 aromatic carbocycles. The van der Waals surface area contributed by atoms with Crippen LogP contribution in [0.3, 0.4) is 0 Å². The second-order valence-electron chi connectivity index (χ2n) is 4.42. The van der Waals surface area contributed by atoms with E-state index in [0.717, 1.165) is 17.7 Å². The number of nitrogens with zero attached hydrogens (tertiary/aromatic N) is 3. The first-order valence-electron chi connectivity index (χ1n) is 5.41. The van der Waals surface area contributed by atoms with Crippen molar-refractivity contribution in [2.45, 2.75) is 38.3 Å². The molecule has 0 spiro atoms. The van der Waals surface area contributed by atoms with Gasteiger partial charge in [-0.1, -0.05) is 12.8 Å². The second-order valence-corrected chi connectivity index (χ2v) is 4.42. The van der Waals surface area contributed by atoms with Gasteiger partial charge in [-0.05, 0) is 24.7 Å². The van der Waals surface area contributed by atoms with Crippen molar-refractivity contribution >= 4 is 0 Å². The number of hydrogen-bond acceptors (Lipinski definition) is 3. The molecule has 76 valence electrons. The molecular weight excluding hydrogens is 178 g/mol. The maximum absolute atomic E-state index is 9.09. The topological polar surface area (TPSA) is 50.9 Å². The summed E-state index contributed by atoms with van der Waals surface area (Å²) in [7, 11) is 0. The number of hydrogen-bond donors (Lipinski definition) is 1. The number of aliphatic hydroxyl groups excluding tert-OH is 1. The predicted octanol–water partition coefficient (Wildman–Crippen LogP) is 1.13. The molecule has 0 amide bonds. The molecule has 1 N–H and O–H groups in total. The molecule has 0 saturated heterocycles. The van der Waals surface area contributed by atoms with Crippen molar-refractivity contribution in [3.63, 3.8) is 0 Å². The molecule has 0 radical (unpaired) electrons. The second kappa shape index (κ2) is 3.05. The highest BCUT2D eigenvalue weighted by molar-refractivity contribution is 5.06. The smallest absolute Gasteiger partial charge is 0.158 e. The van der Waals surface area contributed by atoms with E-state index in [0.29, 0.717) is 6.04 Å². The predicted molar refractivity (Wildman–Crippen MR) is 50.4 cm³/mol. The number of aliphatic hydroxyl groups is 1. The van der Waals surface area contributed by atoms with Gasteiger partial charge in [0.2, 0.25) is 0 Å². The lowest BCUT2D eigenvalue weighted by Gasteiger charge is -2.04. The molecule has 2 unspecified atom stereocenters. The minimum atomic E-state index is 0.00986. The normalized spacial score (nSPS) is 35.4. The lowest BCUT2D eigenvalue weighted by molar-refractivity contribution is 0.263. The van der Waals surface area contributed by atoms with Crippen LogP contribution in [-0.4, -0.2) is 19.9 Å². The van der Waals surface area contributed by atoms with Gasteiger partial charge in [-0.3, -0.25) is 0 Å². The van der Waals surface area contributed by atoms with Crippen molar-refractivity contribution in [1.29, 1.82) is 0 Å². The Hall–Kier alpha value is -0.900. The molecule has 4 heteroatoms. The first-order valence-corrected chi connectivity index (χ1v) is 5.41. The van der Waals surface area contributed by atoms with Crippen molar-refractivity contribution in [1.82, 2.24) is 14.8 Å². The highest BCUT2D eigenvalue weighted by Gasteiger charge is 2.52. The molecule has 1 aromatic rings. The molecule has 2 aliphatic carbocycles. The summed E-state index contributed by atoms with van der Waals surface area (Å²) in [4.78, 5) is 0. The lowest BCUT2D eigenvalue weighted by atomic mass is 10.0. The number of aromatic nitrogens is 3. The van der Waals surface area contributed by atoms with Gasteiger partial charge in [0, 0.05) is 6.04 Å². The van der Waals surface area contributed by atoms with Crippen LogP contribution in [-0.2, 0) is 6.61 Å². The molecule has 3 rings (SSSR count). The first kappa shape index (κ1) is 8.41. The zero-order valence-electron chi connectivity index (χ0n) is 8.13. The fourth-order valence-corrected chi connectivity index (χ4v) is 3.00. The van der Waals surface area contributed by atoms with Crippen LogP contribution in [0.5, 0.6) is 0 Å².